The van der Waals surface area contributed by atoms with Gasteiger partial charge in [0.15, 0.2) is 0 Å². The van der Waals surface area contributed by atoms with Crippen LogP contribution in [0.3, 0.4) is 0 Å². The van der Waals surface area contributed by atoms with Crippen molar-refractivity contribution in [1.82, 2.24) is 14.7 Å². The molecule has 0 N–H and O–H groups in total. The lowest BCUT2D eigenvalue weighted by molar-refractivity contribution is -0.144. The summed E-state index contributed by atoms with van der Waals surface area (Å²) in [5.74, 6) is -0.0863. The summed E-state index contributed by atoms with van der Waals surface area (Å²) in [7, 11) is 0. The van der Waals surface area contributed by atoms with Crippen molar-refractivity contribution >= 4 is 5.97 Å². The van der Waals surface area contributed by atoms with Crippen molar-refractivity contribution in [3.8, 4) is 0 Å². The van der Waals surface area contributed by atoms with Gasteiger partial charge in [-0.3, -0.25) is 14.4 Å². The molecule has 2 aliphatic heterocycles. The number of hydrogen-bond acceptors (Lipinski definition) is 5. The van der Waals surface area contributed by atoms with Crippen LogP contribution in [0.25, 0.3) is 0 Å². The maximum absolute atomic E-state index is 11.7. The van der Waals surface area contributed by atoms with Crippen molar-refractivity contribution in [2.45, 2.75) is 39.0 Å². The molecule has 0 radical (unpaired) electrons. The minimum atomic E-state index is -0.0863. The van der Waals surface area contributed by atoms with Crippen molar-refractivity contribution in [2.75, 3.05) is 26.3 Å². The second kappa shape index (κ2) is 5.54. The highest BCUT2D eigenvalue weighted by molar-refractivity contribution is 5.77. The van der Waals surface area contributed by atoms with Crippen LogP contribution < -0.4 is 0 Å². The molecule has 0 bridgehead atoms. The molecule has 110 valence electrons. The summed E-state index contributed by atoms with van der Waals surface area (Å²) >= 11 is 0. The Labute approximate surface area is 118 Å². The van der Waals surface area contributed by atoms with Gasteiger partial charge in [-0.2, -0.15) is 5.10 Å². The standard InChI is InChI=1S/C14H21N3O3/c1-10-7-11(2)17(15-10)9-12-8-16(4-6-19-12)13-3-5-20-14(13)18/h7,12-13H,3-6,8-9H2,1-2H3. The maximum Gasteiger partial charge on any atom is 0.323 e. The Morgan fingerprint density at radius 2 is 2.25 bits per heavy atom. The molecule has 0 aromatic carbocycles. The number of esters is 1. The van der Waals surface area contributed by atoms with Crippen LogP contribution in [0.15, 0.2) is 6.07 Å². The molecule has 0 amide bonds. The Kier molecular flexibility index (Phi) is 3.76. The quantitative estimate of drug-likeness (QED) is 0.755. The van der Waals surface area contributed by atoms with E-state index < -0.39 is 0 Å². The molecule has 20 heavy (non-hydrogen) atoms. The monoisotopic (exact) mass is 279 g/mol. The molecule has 2 saturated heterocycles. The van der Waals surface area contributed by atoms with Crippen molar-refractivity contribution in [1.29, 1.82) is 0 Å². The predicted octanol–water partition coefficient (Wildman–Crippen LogP) is 0.516. The van der Waals surface area contributed by atoms with Crippen molar-refractivity contribution in [3.63, 3.8) is 0 Å². The Morgan fingerprint density at radius 1 is 1.40 bits per heavy atom. The largest absolute Gasteiger partial charge is 0.464 e. The second-order valence-corrected chi connectivity index (χ2v) is 5.57. The molecule has 2 aliphatic rings. The number of hydrogen-bond donors (Lipinski definition) is 0. The first kappa shape index (κ1) is 13.6. The van der Waals surface area contributed by atoms with E-state index in [1.54, 1.807) is 0 Å². The van der Waals surface area contributed by atoms with Crippen molar-refractivity contribution < 1.29 is 14.3 Å². The molecule has 2 fully saturated rings. The fraction of sp³-hybridized carbons (Fsp3) is 0.714. The summed E-state index contributed by atoms with van der Waals surface area (Å²) in [6.07, 6.45) is 0.876. The molecule has 6 heteroatoms. The summed E-state index contributed by atoms with van der Waals surface area (Å²) in [5, 5.41) is 4.47. The van der Waals surface area contributed by atoms with E-state index in [-0.39, 0.29) is 18.1 Å². The summed E-state index contributed by atoms with van der Waals surface area (Å²) in [4.78, 5) is 13.9. The van der Waals surface area contributed by atoms with Crippen LogP contribution >= 0.6 is 0 Å². The third-order valence-electron chi connectivity index (χ3n) is 4.00. The number of nitrogens with zero attached hydrogens (tertiary/aromatic N) is 3. The van der Waals surface area contributed by atoms with Gasteiger partial charge in [0.2, 0.25) is 0 Å². The van der Waals surface area contributed by atoms with Gasteiger partial charge in [-0.15, -0.1) is 0 Å². The smallest absolute Gasteiger partial charge is 0.323 e. The fourth-order valence-corrected chi connectivity index (χ4v) is 3.01. The van der Waals surface area contributed by atoms with Crippen LogP contribution in [0.5, 0.6) is 0 Å². The summed E-state index contributed by atoms with van der Waals surface area (Å²) < 4.78 is 12.9. The Morgan fingerprint density at radius 3 is 2.90 bits per heavy atom. The summed E-state index contributed by atoms with van der Waals surface area (Å²) in [6.45, 7) is 7.54. The number of aryl methyl sites for hydroxylation is 2. The number of aromatic nitrogens is 2. The highest BCUT2D eigenvalue weighted by Crippen LogP contribution is 2.18. The first-order valence-electron chi connectivity index (χ1n) is 7.17. The van der Waals surface area contributed by atoms with E-state index in [9.17, 15) is 4.79 Å². The topological polar surface area (TPSA) is 56.6 Å². The third-order valence-corrected chi connectivity index (χ3v) is 4.00. The lowest BCUT2D eigenvalue weighted by Crippen LogP contribution is -2.50. The second-order valence-electron chi connectivity index (χ2n) is 5.57. The van der Waals surface area contributed by atoms with E-state index >= 15 is 0 Å². The molecule has 0 spiro atoms. The Bertz CT molecular complexity index is 500. The van der Waals surface area contributed by atoms with Gasteiger partial charge in [-0.1, -0.05) is 0 Å². The van der Waals surface area contributed by atoms with Crippen LogP contribution in [-0.2, 0) is 20.8 Å². The SMILES string of the molecule is Cc1cc(C)n(CC2CN(C3CCOC3=O)CCO2)n1. The molecule has 3 heterocycles. The van der Waals surface area contributed by atoms with Crippen LogP contribution in [-0.4, -0.2) is 59.1 Å². The van der Waals surface area contributed by atoms with Gasteiger partial charge in [-0.05, 0) is 19.9 Å². The number of morpholine rings is 1. The van der Waals surface area contributed by atoms with Crippen LogP contribution in [0.2, 0.25) is 0 Å². The van der Waals surface area contributed by atoms with Gasteiger partial charge in [0.05, 0.1) is 31.6 Å². The van der Waals surface area contributed by atoms with E-state index in [2.05, 4.69) is 23.0 Å². The minimum Gasteiger partial charge on any atom is -0.464 e. The van der Waals surface area contributed by atoms with Crippen LogP contribution in [0.1, 0.15) is 17.8 Å². The van der Waals surface area contributed by atoms with E-state index in [4.69, 9.17) is 9.47 Å². The van der Waals surface area contributed by atoms with E-state index in [1.807, 2.05) is 11.6 Å². The van der Waals surface area contributed by atoms with Gasteiger partial charge < -0.3 is 9.47 Å². The zero-order valence-corrected chi connectivity index (χ0v) is 12.0. The third kappa shape index (κ3) is 2.71. The fourth-order valence-electron chi connectivity index (χ4n) is 3.01. The van der Waals surface area contributed by atoms with Crippen LogP contribution in [0, 0.1) is 13.8 Å². The number of carbonyl (C=O) groups excluding carboxylic acids is 1. The highest BCUT2D eigenvalue weighted by atomic mass is 16.5. The van der Waals surface area contributed by atoms with Crippen molar-refractivity contribution in [3.05, 3.63) is 17.5 Å². The van der Waals surface area contributed by atoms with Crippen LogP contribution in [0.4, 0.5) is 0 Å². The molecule has 0 saturated carbocycles. The Balaban J connectivity index is 1.63. The average molecular weight is 279 g/mol. The summed E-state index contributed by atoms with van der Waals surface area (Å²) in [6, 6.07) is 1.98. The summed E-state index contributed by atoms with van der Waals surface area (Å²) in [5.41, 5.74) is 2.16. The lowest BCUT2D eigenvalue weighted by atomic mass is 10.1. The van der Waals surface area contributed by atoms with Crippen molar-refractivity contribution in [2.24, 2.45) is 0 Å². The first-order chi connectivity index (χ1) is 9.63. The zero-order valence-electron chi connectivity index (χ0n) is 12.0. The van der Waals surface area contributed by atoms with E-state index in [1.165, 1.54) is 0 Å². The number of ether oxygens (including phenoxy) is 2. The minimum absolute atomic E-state index is 0.0788. The van der Waals surface area contributed by atoms with Gasteiger partial charge >= 0.3 is 5.97 Å². The van der Waals surface area contributed by atoms with Gasteiger partial charge in [-0.25, -0.2) is 0 Å². The molecule has 0 aliphatic carbocycles. The molecular formula is C14H21N3O3. The predicted molar refractivity (Wildman–Crippen MR) is 72.4 cm³/mol. The molecular weight excluding hydrogens is 258 g/mol. The van der Waals surface area contributed by atoms with Gasteiger partial charge in [0.25, 0.3) is 0 Å². The van der Waals surface area contributed by atoms with E-state index in [0.717, 1.165) is 37.4 Å². The van der Waals surface area contributed by atoms with Gasteiger partial charge in [0.1, 0.15) is 6.04 Å². The highest BCUT2D eigenvalue weighted by Gasteiger charge is 2.35. The molecule has 3 rings (SSSR count). The van der Waals surface area contributed by atoms with Gasteiger partial charge in [0, 0.05) is 25.2 Å². The number of carbonyl (C=O) groups is 1. The normalized spacial score (nSPS) is 27.8. The molecule has 2 atom stereocenters. The molecule has 2 unspecified atom stereocenters. The zero-order chi connectivity index (χ0) is 14.1. The molecule has 1 aromatic rings. The first-order valence-corrected chi connectivity index (χ1v) is 7.17. The maximum atomic E-state index is 11.7. The lowest BCUT2D eigenvalue weighted by Gasteiger charge is -2.35. The molecule has 1 aromatic heterocycles. The Hall–Kier alpha value is -1.40. The molecule has 6 nitrogen and oxygen atoms in total. The number of rotatable bonds is 3. The average Bonchev–Trinajstić information content (AvgIpc) is 2.96. The van der Waals surface area contributed by atoms with E-state index in [0.29, 0.717) is 13.2 Å². The number of cyclic esters (lactones) is 1.